The molecule has 1 amide bonds. The molecule has 0 saturated heterocycles. The zero-order valence-electron chi connectivity index (χ0n) is 17.4. The number of methoxy groups -OCH3 is 1. The molecule has 0 atom stereocenters. The van der Waals surface area contributed by atoms with Crippen LogP contribution in [0.1, 0.15) is 21.5 Å². The lowest BCUT2D eigenvalue weighted by atomic mass is 10.1. The van der Waals surface area contributed by atoms with Crippen LogP contribution in [0.25, 0.3) is 16.7 Å². The van der Waals surface area contributed by atoms with Crippen molar-refractivity contribution >= 4 is 39.9 Å². The summed E-state index contributed by atoms with van der Waals surface area (Å²) in [5, 5.41) is 23.4. The van der Waals surface area contributed by atoms with Gasteiger partial charge >= 0.3 is 0 Å². The van der Waals surface area contributed by atoms with E-state index < -0.39 is 10.8 Å². The first-order chi connectivity index (χ1) is 15.3. The van der Waals surface area contributed by atoms with Gasteiger partial charge in [-0.15, -0.1) is 10.2 Å². The van der Waals surface area contributed by atoms with Crippen LogP contribution in [0.3, 0.4) is 0 Å². The zero-order chi connectivity index (χ0) is 23.0. The van der Waals surface area contributed by atoms with Gasteiger partial charge in [-0.05, 0) is 55.8 Å². The van der Waals surface area contributed by atoms with Crippen LogP contribution < -0.4 is 10.1 Å². The molecule has 4 aromatic rings. The highest BCUT2D eigenvalue weighted by atomic mass is 35.5. The highest BCUT2D eigenvalue weighted by molar-refractivity contribution is 6.32. The molecule has 1 heterocycles. The van der Waals surface area contributed by atoms with Gasteiger partial charge in [0.2, 0.25) is 0 Å². The number of carbonyl (C=O) groups excluding carboxylic acids is 1. The fourth-order valence-electron chi connectivity index (χ4n) is 3.35. The topological polar surface area (TPSA) is 112 Å². The van der Waals surface area contributed by atoms with Crippen molar-refractivity contribution in [3.63, 3.8) is 0 Å². The normalized spacial score (nSPS) is 10.9. The lowest BCUT2D eigenvalue weighted by Crippen LogP contribution is -2.14. The molecule has 10 heteroatoms. The number of carbonyl (C=O) groups is 1. The highest BCUT2D eigenvalue weighted by Gasteiger charge is 2.19. The summed E-state index contributed by atoms with van der Waals surface area (Å²) in [7, 11) is 1.54. The maximum absolute atomic E-state index is 12.8. The first-order valence-electron chi connectivity index (χ1n) is 9.55. The third kappa shape index (κ3) is 3.85. The minimum absolute atomic E-state index is 0.106. The first kappa shape index (κ1) is 21.3. The van der Waals surface area contributed by atoms with E-state index in [1.807, 2.05) is 6.92 Å². The number of hydrogen-bond acceptors (Lipinski definition) is 6. The minimum atomic E-state index is -0.507. The molecule has 0 unspecified atom stereocenters. The molecule has 32 heavy (non-hydrogen) atoms. The number of nitro groups is 1. The van der Waals surface area contributed by atoms with E-state index in [0.717, 1.165) is 5.56 Å². The second-order valence-electron chi connectivity index (χ2n) is 7.13. The van der Waals surface area contributed by atoms with E-state index in [4.69, 9.17) is 16.3 Å². The number of amides is 1. The number of anilines is 1. The minimum Gasteiger partial charge on any atom is -0.495 e. The van der Waals surface area contributed by atoms with E-state index in [-0.39, 0.29) is 11.3 Å². The molecule has 162 valence electrons. The molecule has 0 saturated carbocycles. The Labute approximate surface area is 187 Å². The third-order valence-electron chi connectivity index (χ3n) is 5.09. The quantitative estimate of drug-likeness (QED) is 0.342. The van der Waals surface area contributed by atoms with E-state index in [1.54, 1.807) is 43.3 Å². The van der Waals surface area contributed by atoms with E-state index >= 15 is 0 Å². The monoisotopic (exact) mass is 451 g/mol. The average molecular weight is 452 g/mol. The molecule has 0 spiro atoms. The number of hydrogen-bond donors (Lipinski definition) is 1. The van der Waals surface area contributed by atoms with E-state index in [2.05, 4.69) is 15.5 Å². The largest absolute Gasteiger partial charge is 0.495 e. The smallest absolute Gasteiger partial charge is 0.273 e. The van der Waals surface area contributed by atoms with Gasteiger partial charge in [0.1, 0.15) is 16.8 Å². The summed E-state index contributed by atoms with van der Waals surface area (Å²) in [5.41, 5.74) is 3.59. The summed E-state index contributed by atoms with van der Waals surface area (Å²) < 4.78 is 5.17. The van der Waals surface area contributed by atoms with Crippen molar-refractivity contribution in [1.29, 1.82) is 0 Å². The summed E-state index contributed by atoms with van der Waals surface area (Å²) in [6.45, 7) is 3.38. The van der Waals surface area contributed by atoms with Crippen LogP contribution in [0.15, 0.2) is 48.5 Å². The Morgan fingerprint density at radius 3 is 2.50 bits per heavy atom. The lowest BCUT2D eigenvalue weighted by Gasteiger charge is -2.10. The number of nitro benzene ring substituents is 1. The molecule has 1 aromatic heterocycles. The molecular weight excluding hydrogens is 434 g/mol. The van der Waals surface area contributed by atoms with Crippen molar-refractivity contribution in [3.8, 4) is 11.4 Å². The highest BCUT2D eigenvalue weighted by Crippen LogP contribution is 2.28. The predicted molar refractivity (Wildman–Crippen MR) is 121 cm³/mol. The molecule has 4 rings (SSSR count). The van der Waals surface area contributed by atoms with Crippen molar-refractivity contribution < 1.29 is 14.5 Å². The molecule has 0 aliphatic rings. The van der Waals surface area contributed by atoms with Crippen molar-refractivity contribution in [2.24, 2.45) is 0 Å². The van der Waals surface area contributed by atoms with Crippen molar-refractivity contribution in [2.45, 2.75) is 13.8 Å². The van der Waals surface area contributed by atoms with E-state index in [9.17, 15) is 14.9 Å². The molecule has 0 bridgehead atoms. The second kappa shape index (κ2) is 8.27. The maximum Gasteiger partial charge on any atom is 0.273 e. The van der Waals surface area contributed by atoms with Crippen LogP contribution in [0, 0.1) is 24.0 Å². The zero-order valence-corrected chi connectivity index (χ0v) is 18.2. The number of fused-ring (bicyclic) bond motifs is 1. The van der Waals surface area contributed by atoms with Crippen LogP contribution in [-0.4, -0.2) is 32.9 Å². The Kier molecular flexibility index (Phi) is 5.50. The lowest BCUT2D eigenvalue weighted by molar-refractivity contribution is -0.385. The molecule has 0 fully saturated rings. The van der Waals surface area contributed by atoms with Gasteiger partial charge in [-0.2, -0.15) is 4.80 Å². The second-order valence-corrected chi connectivity index (χ2v) is 7.53. The number of halogens is 1. The van der Waals surface area contributed by atoms with Gasteiger partial charge < -0.3 is 10.1 Å². The number of aryl methyl sites for hydroxylation is 1. The van der Waals surface area contributed by atoms with Crippen LogP contribution >= 0.6 is 11.6 Å². The molecular formula is C22H18ClN5O4. The number of aromatic nitrogens is 3. The van der Waals surface area contributed by atoms with E-state index in [0.29, 0.717) is 38.7 Å². The molecule has 3 aromatic carbocycles. The first-order valence-corrected chi connectivity index (χ1v) is 9.93. The Morgan fingerprint density at radius 2 is 1.84 bits per heavy atom. The van der Waals surface area contributed by atoms with Crippen molar-refractivity contribution in [3.05, 3.63) is 80.4 Å². The van der Waals surface area contributed by atoms with Gasteiger partial charge in [0, 0.05) is 22.9 Å². The summed E-state index contributed by atoms with van der Waals surface area (Å²) in [5.74, 6) is 0.104. The molecule has 1 N–H and O–H groups in total. The van der Waals surface area contributed by atoms with E-state index in [1.165, 1.54) is 24.0 Å². The Hall–Kier alpha value is -3.98. The number of benzene rings is 3. The summed E-state index contributed by atoms with van der Waals surface area (Å²) in [4.78, 5) is 24.9. The van der Waals surface area contributed by atoms with Crippen molar-refractivity contribution in [2.75, 3.05) is 12.4 Å². The third-order valence-corrected chi connectivity index (χ3v) is 5.38. The molecule has 0 aliphatic carbocycles. The Bertz CT molecular complexity index is 1380. The summed E-state index contributed by atoms with van der Waals surface area (Å²) in [6.07, 6.45) is 0. The number of nitrogens with one attached hydrogen (secondary N) is 1. The molecule has 0 radical (unpaired) electrons. The fourth-order valence-corrected chi connectivity index (χ4v) is 3.61. The Morgan fingerprint density at radius 1 is 1.12 bits per heavy atom. The molecule has 0 aliphatic heterocycles. The van der Waals surface area contributed by atoms with Gasteiger partial charge in [0.25, 0.3) is 11.6 Å². The average Bonchev–Trinajstić information content (AvgIpc) is 3.16. The fraction of sp³-hybridized carbons (Fsp3) is 0.136. The number of rotatable bonds is 5. The van der Waals surface area contributed by atoms with Gasteiger partial charge in [0.15, 0.2) is 0 Å². The maximum atomic E-state index is 12.8. The van der Waals surface area contributed by atoms with Gasteiger partial charge in [-0.1, -0.05) is 17.7 Å². The summed E-state index contributed by atoms with van der Waals surface area (Å²) >= 11 is 6.20. The summed E-state index contributed by atoms with van der Waals surface area (Å²) in [6, 6.07) is 13.1. The van der Waals surface area contributed by atoms with Gasteiger partial charge in [-0.3, -0.25) is 14.9 Å². The SMILES string of the molecule is COc1ccc(-n2nc3cc(C)c(NC(=O)c4cccc([N+](=O)[O-])c4C)cc3n2)cc1Cl. The van der Waals surface area contributed by atoms with Crippen LogP contribution in [-0.2, 0) is 0 Å². The van der Waals surface area contributed by atoms with Crippen LogP contribution in [0.5, 0.6) is 5.75 Å². The van der Waals surface area contributed by atoms with Gasteiger partial charge in [-0.25, -0.2) is 0 Å². The predicted octanol–water partition coefficient (Wildman–Crippen LogP) is 4.86. The van der Waals surface area contributed by atoms with Crippen LogP contribution in [0.4, 0.5) is 11.4 Å². The van der Waals surface area contributed by atoms with Crippen LogP contribution in [0.2, 0.25) is 5.02 Å². The Balaban J connectivity index is 1.67. The number of nitrogens with zero attached hydrogens (tertiary/aromatic N) is 4. The van der Waals surface area contributed by atoms with Crippen molar-refractivity contribution in [1.82, 2.24) is 15.0 Å². The standard InChI is InChI=1S/C22H18ClN5O4/c1-12-9-18-19(26-27(25-18)14-7-8-21(32-3)16(23)10-14)11-17(12)24-22(29)15-5-4-6-20(13(15)2)28(30)31/h4-11H,1-3H3,(H,24,29). The van der Waals surface area contributed by atoms with Gasteiger partial charge in [0.05, 0.1) is 22.7 Å². The number of ether oxygens (including phenoxy) is 1. The molecule has 9 nitrogen and oxygen atoms in total.